The van der Waals surface area contributed by atoms with Gasteiger partial charge in [-0.2, -0.15) is 0 Å². The normalized spacial score (nSPS) is 48.8. The van der Waals surface area contributed by atoms with Gasteiger partial charge in [-0.3, -0.25) is 4.79 Å². The molecule has 5 aliphatic carbocycles. The van der Waals surface area contributed by atoms with Crippen LogP contribution in [0.25, 0.3) is 0 Å². The fourth-order valence-electron chi connectivity index (χ4n) is 9.05. The van der Waals surface area contributed by atoms with Crippen LogP contribution in [0.2, 0.25) is 0 Å². The Morgan fingerprint density at radius 1 is 1.06 bits per heavy atom. The van der Waals surface area contributed by atoms with E-state index in [4.69, 9.17) is 0 Å². The van der Waals surface area contributed by atoms with E-state index in [1.807, 2.05) is 0 Å². The van der Waals surface area contributed by atoms with Gasteiger partial charge < -0.3 is 10.4 Å². The monoisotopic (exact) mass is 443 g/mol. The molecule has 5 aliphatic rings. The Labute approximate surface area is 189 Å². The van der Waals surface area contributed by atoms with Gasteiger partial charge in [0, 0.05) is 11.6 Å². The predicted molar refractivity (Wildman–Crippen MR) is 119 cm³/mol. The van der Waals surface area contributed by atoms with Crippen LogP contribution in [0.15, 0.2) is 24.3 Å². The summed E-state index contributed by atoms with van der Waals surface area (Å²) in [5.74, 6) is 1.01. The molecule has 5 heteroatoms. The van der Waals surface area contributed by atoms with Crippen molar-refractivity contribution in [3.8, 4) is 0 Å². The molecule has 5 saturated carbocycles. The molecule has 0 aliphatic heterocycles. The predicted octanol–water partition coefficient (Wildman–Crippen LogP) is 5.53. The number of rotatable bonds is 4. The molecular weight excluding hydrogens is 408 g/mol. The van der Waals surface area contributed by atoms with Crippen molar-refractivity contribution >= 4 is 11.5 Å². The van der Waals surface area contributed by atoms with Crippen molar-refractivity contribution in [2.24, 2.45) is 40.9 Å². The lowest BCUT2D eigenvalue weighted by Crippen LogP contribution is -2.57. The number of anilines is 1. The number of ketones is 1. The summed E-state index contributed by atoms with van der Waals surface area (Å²) in [5.41, 5.74) is -1.09. The number of Topliss-reactive ketones (excluding diaryl/α,β-unsaturated/α-hetero) is 1. The maximum absolute atomic E-state index is 16.6. The van der Waals surface area contributed by atoms with Crippen molar-refractivity contribution in [1.82, 2.24) is 0 Å². The van der Waals surface area contributed by atoms with Crippen molar-refractivity contribution in [1.29, 1.82) is 0 Å². The Morgan fingerprint density at radius 2 is 1.88 bits per heavy atom. The molecule has 3 nitrogen and oxygen atoms in total. The molecular formula is C27H35F2NO2. The molecule has 0 aromatic heterocycles. The lowest BCUT2D eigenvalue weighted by atomic mass is 9.48. The number of alkyl halides is 1. The van der Waals surface area contributed by atoms with Gasteiger partial charge in [0.05, 0.1) is 12.1 Å². The highest BCUT2D eigenvalue weighted by Gasteiger charge is 2.71. The van der Waals surface area contributed by atoms with E-state index in [0.29, 0.717) is 30.4 Å². The Bertz CT molecular complexity index is 938. The minimum absolute atomic E-state index is 0.00248. The zero-order valence-corrected chi connectivity index (χ0v) is 19.0. The summed E-state index contributed by atoms with van der Waals surface area (Å²) in [6.45, 7) is 2.50. The number of fused-ring (bicyclic) bond motifs is 7. The second-order valence-electron chi connectivity index (χ2n) is 11.9. The summed E-state index contributed by atoms with van der Waals surface area (Å²) < 4.78 is 30.0. The highest BCUT2D eigenvalue weighted by Crippen LogP contribution is 2.70. The maximum atomic E-state index is 16.6. The minimum atomic E-state index is -1.11. The van der Waals surface area contributed by atoms with Gasteiger partial charge in [-0.1, -0.05) is 13.0 Å². The summed E-state index contributed by atoms with van der Waals surface area (Å²) in [4.78, 5) is 13.2. The molecule has 0 bridgehead atoms. The van der Waals surface area contributed by atoms with Crippen LogP contribution in [-0.2, 0) is 4.79 Å². The number of carbonyl (C=O) groups excluding carboxylic acids is 1. The van der Waals surface area contributed by atoms with Crippen molar-refractivity contribution in [3.63, 3.8) is 0 Å². The number of benzene rings is 1. The molecule has 0 heterocycles. The second-order valence-corrected chi connectivity index (χ2v) is 11.9. The molecule has 1 unspecified atom stereocenters. The smallest absolute Gasteiger partial charge is 0.155 e. The first-order valence-electron chi connectivity index (χ1n) is 12.7. The van der Waals surface area contributed by atoms with Crippen molar-refractivity contribution in [3.05, 3.63) is 30.1 Å². The third-order valence-electron chi connectivity index (χ3n) is 10.7. The quantitative estimate of drug-likeness (QED) is 0.643. The third-order valence-corrected chi connectivity index (χ3v) is 10.7. The van der Waals surface area contributed by atoms with Gasteiger partial charge in [-0.25, -0.2) is 8.78 Å². The molecule has 9 atom stereocenters. The van der Waals surface area contributed by atoms with Gasteiger partial charge in [0.15, 0.2) is 5.78 Å². The number of aliphatic hydroxyl groups is 1. The summed E-state index contributed by atoms with van der Waals surface area (Å²) in [6, 6.07) is 6.25. The van der Waals surface area contributed by atoms with Crippen LogP contribution >= 0.6 is 0 Å². The molecule has 0 amide bonds. The fourth-order valence-corrected chi connectivity index (χ4v) is 9.05. The highest BCUT2D eigenvalue weighted by atomic mass is 19.1. The molecule has 174 valence electrons. The summed E-state index contributed by atoms with van der Waals surface area (Å²) in [5, 5.41) is 13.7. The van der Waals surface area contributed by atoms with Crippen LogP contribution in [0.3, 0.4) is 0 Å². The van der Waals surface area contributed by atoms with Gasteiger partial charge in [-0.15, -0.1) is 0 Å². The number of hydrogen-bond donors (Lipinski definition) is 2. The summed E-state index contributed by atoms with van der Waals surface area (Å²) >= 11 is 0. The summed E-state index contributed by atoms with van der Waals surface area (Å²) in [7, 11) is 0. The largest absolute Gasteiger partial charge is 0.390 e. The van der Waals surface area contributed by atoms with Crippen LogP contribution in [-0.4, -0.2) is 28.7 Å². The van der Waals surface area contributed by atoms with E-state index in [-0.39, 0.29) is 47.2 Å². The molecule has 1 aromatic rings. The van der Waals surface area contributed by atoms with Gasteiger partial charge in [0.25, 0.3) is 0 Å². The van der Waals surface area contributed by atoms with E-state index < -0.39 is 11.3 Å². The van der Waals surface area contributed by atoms with Crippen LogP contribution in [0.5, 0.6) is 0 Å². The fraction of sp³-hybridized carbons (Fsp3) is 0.741. The van der Waals surface area contributed by atoms with E-state index in [1.54, 1.807) is 12.1 Å². The van der Waals surface area contributed by atoms with Gasteiger partial charge in [0.1, 0.15) is 11.5 Å². The van der Waals surface area contributed by atoms with E-state index in [2.05, 4.69) is 12.2 Å². The Kier molecular flexibility index (Phi) is 4.61. The highest BCUT2D eigenvalue weighted by molar-refractivity contribution is 5.86. The van der Waals surface area contributed by atoms with Gasteiger partial charge in [-0.05, 0) is 111 Å². The van der Waals surface area contributed by atoms with Crippen molar-refractivity contribution < 1.29 is 18.7 Å². The van der Waals surface area contributed by atoms with E-state index in [1.165, 1.54) is 12.1 Å². The lowest BCUT2D eigenvalue weighted by molar-refractivity contribution is -0.153. The zero-order valence-electron chi connectivity index (χ0n) is 19.0. The first kappa shape index (κ1) is 21.1. The topological polar surface area (TPSA) is 49.3 Å². The number of hydrogen-bond acceptors (Lipinski definition) is 3. The molecule has 32 heavy (non-hydrogen) atoms. The zero-order chi connectivity index (χ0) is 22.3. The maximum Gasteiger partial charge on any atom is 0.155 e. The molecule has 1 aromatic carbocycles. The Morgan fingerprint density at radius 3 is 2.69 bits per heavy atom. The Balaban J connectivity index is 1.17. The minimum Gasteiger partial charge on any atom is -0.390 e. The van der Waals surface area contributed by atoms with Gasteiger partial charge >= 0.3 is 0 Å². The molecule has 0 saturated heterocycles. The Hall–Kier alpha value is -1.49. The van der Waals surface area contributed by atoms with Gasteiger partial charge in [0.2, 0.25) is 0 Å². The van der Waals surface area contributed by atoms with Crippen molar-refractivity contribution in [2.45, 2.75) is 76.0 Å². The molecule has 2 N–H and O–H groups in total. The van der Waals surface area contributed by atoms with Crippen molar-refractivity contribution in [2.75, 3.05) is 11.9 Å². The van der Waals surface area contributed by atoms with Crippen LogP contribution in [0.1, 0.15) is 64.7 Å². The van der Waals surface area contributed by atoms with Crippen LogP contribution in [0.4, 0.5) is 14.5 Å². The van der Waals surface area contributed by atoms with Crippen LogP contribution in [0, 0.1) is 46.7 Å². The first-order chi connectivity index (χ1) is 15.2. The average Bonchev–Trinajstić information content (AvgIpc) is 3.32. The number of nitrogens with one attached hydrogen (secondary N) is 1. The SMILES string of the molecule is C[C@]12CC[C@H]3[C@@H](CC[C@@H]4C5C[C@@]5(O)CC[C@@]43F)[C@@H]1CC[C@@H]2C(=O)CNc1cccc(F)c1. The summed E-state index contributed by atoms with van der Waals surface area (Å²) in [6.07, 6.45) is 7.60. The molecule has 0 radical (unpaired) electrons. The van der Waals surface area contributed by atoms with Crippen LogP contribution < -0.4 is 5.32 Å². The molecule has 6 rings (SSSR count). The third kappa shape index (κ3) is 2.95. The van der Waals surface area contributed by atoms with E-state index in [9.17, 15) is 14.3 Å². The standard InChI is InChI=1S/C27H35F2NO2/c1-25-10-9-20-18(5-6-21-23-14-26(23,32)11-12-27(20,21)29)19(25)7-8-22(25)24(31)15-30-17-4-2-3-16(28)13-17/h2-4,13,18-23,30,32H,5-12,14-15H2,1H3/t18-,19-,20-,21+,22+,23?,25-,26-,27-/m0/s1. The number of carbonyl (C=O) groups is 1. The average molecular weight is 444 g/mol. The van der Waals surface area contributed by atoms with E-state index in [0.717, 1.165) is 44.9 Å². The first-order valence-corrected chi connectivity index (χ1v) is 12.7. The second kappa shape index (κ2) is 7.01. The molecule has 5 fully saturated rings. The number of halogens is 2. The molecule has 0 spiro atoms. The lowest BCUT2D eigenvalue weighted by Gasteiger charge is -2.58. The van der Waals surface area contributed by atoms with E-state index >= 15 is 4.39 Å².